The molecule has 0 fully saturated rings. The maximum atomic E-state index is 13.3. The number of aromatic amines is 1. The molecular formula is C7HBrF3NOS. The van der Waals surface area contributed by atoms with Crippen LogP contribution in [-0.2, 0) is 0 Å². The number of hydrogen-bond donors (Lipinski definition) is 1. The average Bonchev–Trinajstić information content (AvgIpc) is 2.54. The van der Waals surface area contributed by atoms with Crippen molar-refractivity contribution in [2.45, 2.75) is 0 Å². The van der Waals surface area contributed by atoms with E-state index >= 15 is 0 Å². The molecule has 0 saturated heterocycles. The molecule has 0 aliphatic heterocycles. The van der Waals surface area contributed by atoms with E-state index < -0.39 is 32.9 Å². The van der Waals surface area contributed by atoms with Crippen LogP contribution in [0.3, 0.4) is 0 Å². The van der Waals surface area contributed by atoms with Crippen LogP contribution in [0.5, 0.6) is 0 Å². The summed E-state index contributed by atoms with van der Waals surface area (Å²) in [6.45, 7) is 0. The highest BCUT2D eigenvalue weighted by Crippen LogP contribution is 2.30. The Bertz CT molecular complexity index is 576. The number of benzene rings is 1. The van der Waals surface area contributed by atoms with Crippen molar-refractivity contribution in [1.29, 1.82) is 0 Å². The maximum absolute atomic E-state index is 13.3. The van der Waals surface area contributed by atoms with Gasteiger partial charge in [0.25, 0.3) is 5.56 Å². The number of halogens is 4. The van der Waals surface area contributed by atoms with Gasteiger partial charge in [-0.15, -0.1) is 0 Å². The van der Waals surface area contributed by atoms with Gasteiger partial charge >= 0.3 is 0 Å². The summed E-state index contributed by atoms with van der Waals surface area (Å²) in [6.07, 6.45) is 0. The SMILES string of the molecule is O=c1[nH]sc2c(F)c(Br)c(F)c(F)c12. The largest absolute Gasteiger partial charge is 0.277 e. The zero-order valence-corrected chi connectivity index (χ0v) is 8.73. The summed E-state index contributed by atoms with van der Waals surface area (Å²) < 4.78 is 40.7. The topological polar surface area (TPSA) is 32.9 Å². The molecule has 0 spiro atoms. The normalized spacial score (nSPS) is 11.1. The minimum atomic E-state index is -1.39. The predicted octanol–water partition coefficient (Wildman–Crippen LogP) is 2.77. The minimum absolute atomic E-state index is 0.222. The Kier molecular flexibility index (Phi) is 2.15. The molecule has 0 aliphatic rings. The van der Waals surface area contributed by atoms with Crippen LogP contribution in [0.25, 0.3) is 10.1 Å². The van der Waals surface area contributed by atoms with Gasteiger partial charge < -0.3 is 0 Å². The molecule has 0 aliphatic carbocycles. The lowest BCUT2D eigenvalue weighted by molar-refractivity contribution is 0.499. The van der Waals surface area contributed by atoms with E-state index in [9.17, 15) is 18.0 Å². The first kappa shape index (κ1) is 9.72. The molecule has 0 radical (unpaired) electrons. The summed E-state index contributed by atoms with van der Waals surface area (Å²) in [5.41, 5.74) is -0.826. The van der Waals surface area contributed by atoms with Crippen molar-refractivity contribution in [3.8, 4) is 0 Å². The summed E-state index contributed by atoms with van der Waals surface area (Å²) in [5.74, 6) is -3.70. The molecular weight excluding hydrogens is 283 g/mol. The molecule has 0 saturated carbocycles. The molecule has 1 aromatic carbocycles. The van der Waals surface area contributed by atoms with Gasteiger partial charge in [-0.05, 0) is 15.9 Å². The van der Waals surface area contributed by atoms with Gasteiger partial charge in [0.15, 0.2) is 17.5 Å². The molecule has 7 heteroatoms. The predicted molar refractivity (Wildman–Crippen MR) is 50.0 cm³/mol. The third-order valence-electron chi connectivity index (χ3n) is 1.70. The van der Waals surface area contributed by atoms with Crippen molar-refractivity contribution in [3.05, 3.63) is 32.3 Å². The Morgan fingerprint density at radius 3 is 2.43 bits per heavy atom. The van der Waals surface area contributed by atoms with Crippen molar-refractivity contribution in [3.63, 3.8) is 0 Å². The van der Waals surface area contributed by atoms with Crippen LogP contribution < -0.4 is 5.56 Å². The first-order valence-electron chi connectivity index (χ1n) is 3.37. The summed E-state index contributed by atoms with van der Waals surface area (Å²) in [6, 6.07) is 0. The van der Waals surface area contributed by atoms with Gasteiger partial charge in [0, 0.05) is 0 Å². The zero-order chi connectivity index (χ0) is 10.5. The molecule has 1 N–H and O–H groups in total. The molecule has 0 atom stereocenters. The van der Waals surface area contributed by atoms with E-state index in [0.29, 0.717) is 11.5 Å². The molecule has 1 heterocycles. The maximum Gasteiger partial charge on any atom is 0.269 e. The van der Waals surface area contributed by atoms with E-state index in [2.05, 4.69) is 20.3 Å². The molecule has 1 aromatic heterocycles. The Hall–Kier alpha value is -0.820. The van der Waals surface area contributed by atoms with Gasteiger partial charge in [-0.1, -0.05) is 11.5 Å². The average molecular weight is 284 g/mol. The summed E-state index contributed by atoms with van der Waals surface area (Å²) >= 11 is 3.19. The fourth-order valence-corrected chi connectivity index (χ4v) is 2.33. The summed E-state index contributed by atoms with van der Waals surface area (Å²) in [5, 5.41) is -0.576. The molecule has 0 bridgehead atoms. The van der Waals surface area contributed by atoms with Gasteiger partial charge in [0.05, 0.1) is 9.17 Å². The van der Waals surface area contributed by atoms with Gasteiger partial charge in [-0.2, -0.15) is 0 Å². The molecule has 74 valence electrons. The highest BCUT2D eigenvalue weighted by molar-refractivity contribution is 9.10. The van der Waals surface area contributed by atoms with Crippen LogP contribution in [0.2, 0.25) is 0 Å². The fraction of sp³-hybridized carbons (Fsp3) is 0. The summed E-state index contributed by atoms with van der Waals surface area (Å²) in [4.78, 5) is 11.0. The zero-order valence-electron chi connectivity index (χ0n) is 6.33. The second-order valence-electron chi connectivity index (χ2n) is 2.49. The van der Waals surface area contributed by atoms with Gasteiger partial charge in [-0.3, -0.25) is 9.17 Å². The second kappa shape index (κ2) is 3.09. The van der Waals surface area contributed by atoms with E-state index in [1.54, 1.807) is 0 Å². The quantitative estimate of drug-likeness (QED) is 0.585. The minimum Gasteiger partial charge on any atom is -0.277 e. The second-order valence-corrected chi connectivity index (χ2v) is 4.10. The van der Waals surface area contributed by atoms with Crippen molar-refractivity contribution in [2.75, 3.05) is 0 Å². The number of fused-ring (bicyclic) bond motifs is 1. The Morgan fingerprint density at radius 2 is 1.79 bits per heavy atom. The van der Waals surface area contributed by atoms with E-state index in [1.807, 2.05) is 0 Å². The van der Waals surface area contributed by atoms with Crippen LogP contribution in [0.1, 0.15) is 0 Å². The van der Waals surface area contributed by atoms with Crippen LogP contribution in [0, 0.1) is 17.5 Å². The smallest absolute Gasteiger partial charge is 0.269 e. The Labute approximate surface area is 87.6 Å². The number of nitrogens with one attached hydrogen (secondary N) is 1. The van der Waals surface area contributed by atoms with Crippen LogP contribution in [-0.4, -0.2) is 4.37 Å². The van der Waals surface area contributed by atoms with Crippen LogP contribution >= 0.6 is 27.5 Å². The van der Waals surface area contributed by atoms with Crippen LogP contribution in [0.15, 0.2) is 9.27 Å². The molecule has 0 unspecified atom stereocenters. The van der Waals surface area contributed by atoms with E-state index in [0.717, 1.165) is 0 Å². The van der Waals surface area contributed by atoms with E-state index in [4.69, 9.17) is 0 Å². The lowest BCUT2D eigenvalue weighted by Gasteiger charge is -1.98. The highest BCUT2D eigenvalue weighted by Gasteiger charge is 2.21. The fourth-order valence-electron chi connectivity index (χ4n) is 1.06. The van der Waals surface area contributed by atoms with Crippen molar-refractivity contribution >= 4 is 37.5 Å². The number of aromatic nitrogens is 1. The number of H-pyrrole nitrogens is 1. The third kappa shape index (κ3) is 1.12. The molecule has 2 rings (SSSR count). The lowest BCUT2D eigenvalue weighted by atomic mass is 10.2. The van der Waals surface area contributed by atoms with Crippen LogP contribution in [0.4, 0.5) is 13.2 Å². The van der Waals surface area contributed by atoms with Gasteiger partial charge in [0.1, 0.15) is 5.39 Å². The third-order valence-corrected chi connectivity index (χ3v) is 3.27. The monoisotopic (exact) mass is 283 g/mol. The first-order chi connectivity index (χ1) is 6.54. The van der Waals surface area contributed by atoms with Crippen molar-refractivity contribution in [1.82, 2.24) is 4.37 Å². The van der Waals surface area contributed by atoms with Gasteiger partial charge in [0.2, 0.25) is 0 Å². The Balaban J connectivity index is 3.13. The molecule has 14 heavy (non-hydrogen) atoms. The molecule has 2 aromatic rings. The Morgan fingerprint density at radius 1 is 1.14 bits per heavy atom. The molecule has 0 amide bonds. The standard InChI is InChI=1S/C7HBrF3NOS/c8-2-4(10)3(9)1-6(5(2)11)14-12-7(1)13/h(H,12,13). The number of hydrogen-bond acceptors (Lipinski definition) is 2. The highest BCUT2D eigenvalue weighted by atomic mass is 79.9. The summed E-state index contributed by atoms with van der Waals surface area (Å²) in [7, 11) is 0. The number of rotatable bonds is 0. The lowest BCUT2D eigenvalue weighted by Crippen LogP contribution is -2.02. The van der Waals surface area contributed by atoms with E-state index in [1.165, 1.54) is 0 Å². The molecule has 2 nitrogen and oxygen atoms in total. The first-order valence-corrected chi connectivity index (χ1v) is 4.98. The van der Waals surface area contributed by atoms with Gasteiger partial charge in [-0.25, -0.2) is 13.2 Å². The van der Waals surface area contributed by atoms with Crippen molar-refractivity contribution < 1.29 is 13.2 Å². The van der Waals surface area contributed by atoms with Crippen molar-refractivity contribution in [2.24, 2.45) is 0 Å². The van der Waals surface area contributed by atoms with E-state index in [-0.39, 0.29) is 4.70 Å².